The van der Waals surface area contributed by atoms with E-state index in [0.717, 1.165) is 42.6 Å². The van der Waals surface area contributed by atoms with Crippen molar-refractivity contribution in [3.63, 3.8) is 0 Å². The number of carbonyl (C=O) groups excluding carboxylic acids is 3. The van der Waals surface area contributed by atoms with Crippen molar-refractivity contribution in [2.45, 2.75) is 57.2 Å². The highest BCUT2D eigenvalue weighted by Crippen LogP contribution is 2.37. The summed E-state index contributed by atoms with van der Waals surface area (Å²) in [7, 11) is -0.0903. The molecule has 7 heteroatoms. The normalized spacial score (nSPS) is 13.4. The molecule has 0 saturated heterocycles. The quantitative estimate of drug-likeness (QED) is 0.0671. The van der Waals surface area contributed by atoms with Crippen LogP contribution in [-0.2, 0) is 18.3 Å². The first kappa shape index (κ1) is 38.1. The Hall–Kier alpha value is -5.11. The topological polar surface area (TPSA) is 87.3 Å². The molecule has 0 aliphatic rings. The minimum Gasteiger partial charge on any atom is -0.352 e. The van der Waals surface area contributed by atoms with Gasteiger partial charge in [-0.1, -0.05) is 123 Å². The van der Waals surface area contributed by atoms with Crippen LogP contribution in [0, 0.1) is 0 Å². The van der Waals surface area contributed by atoms with Gasteiger partial charge >= 0.3 is 0 Å². The molecule has 2 unspecified atom stereocenters. The summed E-state index contributed by atoms with van der Waals surface area (Å²) in [6.07, 6.45) is 2.01. The van der Waals surface area contributed by atoms with Gasteiger partial charge in [0.1, 0.15) is 0 Å². The molecule has 268 valence electrons. The van der Waals surface area contributed by atoms with Gasteiger partial charge in [0.15, 0.2) is 5.78 Å². The first-order chi connectivity index (χ1) is 25.1. The lowest BCUT2D eigenvalue weighted by molar-refractivity contribution is 0.0954. The fourth-order valence-electron chi connectivity index (χ4n) is 7.18. The minimum absolute atomic E-state index is 0.0223. The van der Waals surface area contributed by atoms with E-state index in [1.54, 1.807) is 30.3 Å². The number of Topliss-reactive ketones (excluding diaryl/α,β-unsaturated/α-hetero) is 1. The van der Waals surface area contributed by atoms with Crippen LogP contribution in [0.4, 0.5) is 5.69 Å². The molecule has 0 radical (unpaired) electrons. The van der Waals surface area contributed by atoms with Crippen LogP contribution in [0.3, 0.4) is 0 Å². The lowest BCUT2D eigenvalue weighted by atomic mass is 9.81. The summed E-state index contributed by atoms with van der Waals surface area (Å²) in [5, 5.41) is 10.9. The van der Waals surface area contributed by atoms with Crippen molar-refractivity contribution in [1.29, 1.82) is 0 Å². The van der Waals surface area contributed by atoms with Gasteiger partial charge in [-0.25, -0.2) is 0 Å². The van der Waals surface area contributed by atoms with Gasteiger partial charge in [0.25, 0.3) is 11.8 Å². The maximum Gasteiger partial charge on any atom is 0.255 e. The molecule has 5 aromatic carbocycles. The summed E-state index contributed by atoms with van der Waals surface area (Å²) in [6.45, 7) is 8.35. The fourth-order valence-corrected chi connectivity index (χ4v) is 11.6. The minimum atomic E-state index is -2.10. The Balaban J connectivity index is 1.24. The standard InChI is InChI=1S/C45H51N3O3Si/c1-5-34-15-12-18-37(29-34)44(51)48-40-22-13-16-35(30-40)31-42(49)36-17-14-19-38(32-36)43(50)47-27-28-52(4,41-23-10-7-11-24-41)33-45(2,25-26-46-3)39-20-8-6-9-21-39/h6-24,29-30,32,46H,5,25-28,31,33H2,1-4H3,(H,47,50)(H,48,51). The van der Waals surface area contributed by atoms with Crippen LogP contribution < -0.4 is 21.1 Å². The van der Waals surface area contributed by atoms with E-state index in [4.69, 9.17) is 0 Å². The zero-order valence-electron chi connectivity index (χ0n) is 30.9. The molecular formula is C45H51N3O3Si. The number of hydrogen-bond acceptors (Lipinski definition) is 4. The van der Waals surface area contributed by atoms with Crippen LogP contribution in [0.25, 0.3) is 0 Å². The highest BCUT2D eigenvalue weighted by molar-refractivity contribution is 6.91. The van der Waals surface area contributed by atoms with Crippen LogP contribution in [-0.4, -0.2) is 45.8 Å². The van der Waals surface area contributed by atoms with E-state index in [2.05, 4.69) is 97.0 Å². The Morgan fingerprint density at radius 2 is 1.31 bits per heavy atom. The highest BCUT2D eigenvalue weighted by Gasteiger charge is 2.39. The number of aryl methyl sites for hydroxylation is 1. The monoisotopic (exact) mass is 709 g/mol. The van der Waals surface area contributed by atoms with E-state index < -0.39 is 8.07 Å². The summed E-state index contributed by atoms with van der Waals surface area (Å²) >= 11 is 0. The van der Waals surface area contributed by atoms with Crippen LogP contribution >= 0.6 is 0 Å². The third-order valence-electron chi connectivity index (χ3n) is 10.2. The zero-order valence-corrected chi connectivity index (χ0v) is 31.9. The molecule has 0 aliphatic carbocycles. The molecule has 2 amide bonds. The first-order valence-electron chi connectivity index (χ1n) is 18.3. The van der Waals surface area contributed by atoms with Crippen LogP contribution in [0.5, 0.6) is 0 Å². The predicted octanol–water partition coefficient (Wildman–Crippen LogP) is 8.21. The number of nitrogens with one attached hydrogen (secondary N) is 3. The van der Waals surface area contributed by atoms with Gasteiger partial charge in [0.2, 0.25) is 0 Å². The molecule has 0 spiro atoms. The number of carbonyl (C=O) groups is 3. The molecule has 2 atom stereocenters. The van der Waals surface area contributed by atoms with Gasteiger partial charge in [-0.05, 0) is 97.0 Å². The third-order valence-corrected chi connectivity index (χ3v) is 14.8. The Morgan fingerprint density at radius 1 is 0.673 bits per heavy atom. The Kier molecular flexibility index (Phi) is 13.1. The van der Waals surface area contributed by atoms with Crippen LogP contribution in [0.15, 0.2) is 133 Å². The summed E-state index contributed by atoms with van der Waals surface area (Å²) in [4.78, 5) is 39.8. The molecule has 0 fully saturated rings. The third kappa shape index (κ3) is 10.0. The molecule has 5 aromatic rings. The molecule has 5 rings (SSSR count). The maximum absolute atomic E-state index is 13.5. The summed E-state index contributed by atoms with van der Waals surface area (Å²) < 4.78 is 0. The van der Waals surface area contributed by atoms with Crippen molar-refractivity contribution in [3.8, 4) is 0 Å². The SMILES string of the molecule is CCc1cccc(C(=O)Nc2cccc(CC(=O)c3cccc(C(=O)NCC[Si](C)(CC(C)(CCNC)c4ccccc4)c4ccccc4)c3)c2)c1. The smallest absolute Gasteiger partial charge is 0.255 e. The molecule has 3 N–H and O–H groups in total. The summed E-state index contributed by atoms with van der Waals surface area (Å²) in [5.74, 6) is -0.472. The van der Waals surface area contributed by atoms with E-state index in [9.17, 15) is 14.4 Å². The molecule has 0 heterocycles. The maximum atomic E-state index is 13.5. The van der Waals surface area contributed by atoms with Gasteiger partial charge in [0, 0.05) is 35.3 Å². The molecule has 0 aliphatic heterocycles. The molecule has 0 aromatic heterocycles. The second kappa shape index (κ2) is 17.9. The van der Waals surface area contributed by atoms with Gasteiger partial charge < -0.3 is 16.0 Å². The lowest BCUT2D eigenvalue weighted by Crippen LogP contribution is -2.51. The van der Waals surface area contributed by atoms with Crippen molar-refractivity contribution in [3.05, 3.63) is 167 Å². The summed E-state index contributed by atoms with van der Waals surface area (Å²) in [6, 6.07) is 45.4. The number of rotatable bonds is 17. The average molecular weight is 710 g/mol. The van der Waals surface area contributed by atoms with Crippen molar-refractivity contribution >= 4 is 36.5 Å². The Bertz CT molecular complexity index is 1970. The van der Waals surface area contributed by atoms with E-state index in [0.29, 0.717) is 28.9 Å². The average Bonchev–Trinajstić information content (AvgIpc) is 3.18. The largest absolute Gasteiger partial charge is 0.352 e. The predicted molar refractivity (Wildman–Crippen MR) is 217 cm³/mol. The molecule has 6 nitrogen and oxygen atoms in total. The molecular weight excluding hydrogens is 659 g/mol. The number of anilines is 1. The molecule has 0 saturated carbocycles. The van der Waals surface area contributed by atoms with E-state index in [-0.39, 0.29) is 29.4 Å². The fraction of sp³-hybridized carbons (Fsp3) is 0.267. The van der Waals surface area contributed by atoms with Crippen LogP contribution in [0.2, 0.25) is 18.6 Å². The molecule has 52 heavy (non-hydrogen) atoms. The Morgan fingerprint density at radius 3 is 2.02 bits per heavy atom. The van der Waals surface area contributed by atoms with Crippen LogP contribution in [0.1, 0.15) is 68.0 Å². The second-order valence-corrected chi connectivity index (χ2v) is 18.8. The zero-order chi connectivity index (χ0) is 37.0. The van der Waals surface area contributed by atoms with Crippen molar-refractivity contribution in [2.75, 3.05) is 25.5 Å². The van der Waals surface area contributed by atoms with E-state index in [1.807, 2.05) is 49.5 Å². The van der Waals surface area contributed by atoms with Gasteiger partial charge in [0.05, 0.1) is 8.07 Å². The van der Waals surface area contributed by atoms with Crippen molar-refractivity contribution in [2.24, 2.45) is 0 Å². The number of hydrogen-bond donors (Lipinski definition) is 3. The number of ketones is 1. The summed E-state index contributed by atoms with van der Waals surface area (Å²) in [5.41, 5.74) is 5.36. The van der Waals surface area contributed by atoms with E-state index in [1.165, 1.54) is 10.8 Å². The van der Waals surface area contributed by atoms with Gasteiger partial charge in [-0.3, -0.25) is 14.4 Å². The highest BCUT2D eigenvalue weighted by atomic mass is 28.3. The van der Waals surface area contributed by atoms with Crippen molar-refractivity contribution in [1.82, 2.24) is 10.6 Å². The molecule has 0 bridgehead atoms. The Labute approximate surface area is 310 Å². The lowest BCUT2D eigenvalue weighted by Gasteiger charge is -2.40. The number of amides is 2. The van der Waals surface area contributed by atoms with Crippen molar-refractivity contribution < 1.29 is 14.4 Å². The number of benzene rings is 5. The van der Waals surface area contributed by atoms with Gasteiger partial charge in [-0.15, -0.1) is 0 Å². The second-order valence-electron chi connectivity index (χ2n) is 14.3. The van der Waals surface area contributed by atoms with E-state index >= 15 is 0 Å². The first-order valence-corrected chi connectivity index (χ1v) is 21.2. The van der Waals surface area contributed by atoms with Gasteiger partial charge in [-0.2, -0.15) is 0 Å².